The number of pyridine rings is 1. The molecule has 1 fully saturated rings. The number of rotatable bonds is 3. The minimum Gasteiger partial charge on any atom is -0.364 e. The van der Waals surface area contributed by atoms with E-state index in [0.29, 0.717) is 59.8 Å². The minimum atomic E-state index is -0.348. The van der Waals surface area contributed by atoms with E-state index in [1.54, 1.807) is 59.6 Å². The van der Waals surface area contributed by atoms with E-state index in [4.69, 9.17) is 11.6 Å². The van der Waals surface area contributed by atoms with E-state index in [9.17, 15) is 14.9 Å². The second-order valence-electron chi connectivity index (χ2n) is 6.90. The number of anilines is 1. The molecule has 0 N–H and O–H groups in total. The maximum atomic E-state index is 12.8. The number of carbonyl (C=O) groups excluding carboxylic acids is 1. The van der Waals surface area contributed by atoms with Crippen LogP contribution in [0.1, 0.15) is 16.8 Å². The van der Waals surface area contributed by atoms with Crippen molar-refractivity contribution in [1.82, 2.24) is 9.88 Å². The van der Waals surface area contributed by atoms with Crippen LogP contribution >= 0.6 is 11.6 Å². The molecule has 0 spiro atoms. The van der Waals surface area contributed by atoms with Crippen molar-refractivity contribution in [3.05, 3.63) is 75.4 Å². The van der Waals surface area contributed by atoms with E-state index in [0.717, 1.165) is 0 Å². The zero-order chi connectivity index (χ0) is 20.4. The number of aromatic nitrogens is 1. The van der Waals surface area contributed by atoms with Gasteiger partial charge in [0.15, 0.2) is 0 Å². The largest absolute Gasteiger partial charge is 0.364 e. The van der Waals surface area contributed by atoms with E-state index >= 15 is 0 Å². The summed E-state index contributed by atoms with van der Waals surface area (Å²) in [6.45, 7) is 2.21. The fourth-order valence-electron chi connectivity index (χ4n) is 3.74. The molecule has 148 valence electrons. The standard InChI is InChI=1S/C21H19ClN4O3/c22-16-5-1-4-15(14-16)21(27)25-11-3-10-24(12-13-25)19-8-7-18-17(6-2-9-23-18)20(19)26(28)29/h1-2,4-9,14H,3,10-13H2. The van der Waals surface area contributed by atoms with Crippen LogP contribution in [0.2, 0.25) is 5.02 Å². The molecular formula is C21H19ClN4O3. The molecule has 0 unspecified atom stereocenters. The lowest BCUT2D eigenvalue weighted by atomic mass is 10.1. The summed E-state index contributed by atoms with van der Waals surface area (Å²) >= 11 is 6.01. The number of carbonyl (C=O) groups is 1. The lowest BCUT2D eigenvalue weighted by Crippen LogP contribution is -2.35. The number of fused-ring (bicyclic) bond motifs is 1. The molecule has 2 heterocycles. The second-order valence-corrected chi connectivity index (χ2v) is 7.34. The van der Waals surface area contributed by atoms with Crippen molar-refractivity contribution in [2.75, 3.05) is 31.1 Å². The Labute approximate surface area is 172 Å². The van der Waals surface area contributed by atoms with Crippen LogP contribution in [0, 0.1) is 10.1 Å². The number of benzene rings is 2. The SMILES string of the molecule is O=C(c1cccc(Cl)c1)N1CCCN(c2ccc3ncccc3c2[N+](=O)[O-])CC1. The summed E-state index contributed by atoms with van der Waals surface area (Å²) in [4.78, 5) is 32.3. The number of hydrogen-bond acceptors (Lipinski definition) is 5. The van der Waals surface area contributed by atoms with Crippen molar-refractivity contribution in [1.29, 1.82) is 0 Å². The average Bonchev–Trinajstić information content (AvgIpc) is 2.98. The van der Waals surface area contributed by atoms with Crippen LogP contribution in [0.5, 0.6) is 0 Å². The Morgan fingerprint density at radius 2 is 1.93 bits per heavy atom. The molecule has 4 rings (SSSR count). The van der Waals surface area contributed by atoms with Gasteiger partial charge in [-0.3, -0.25) is 19.9 Å². The number of nitro benzene ring substituents is 1. The van der Waals surface area contributed by atoms with Gasteiger partial charge >= 0.3 is 5.69 Å². The van der Waals surface area contributed by atoms with Gasteiger partial charge in [0.05, 0.1) is 15.8 Å². The molecule has 0 aliphatic carbocycles. The zero-order valence-electron chi connectivity index (χ0n) is 15.6. The minimum absolute atomic E-state index is 0.0604. The Hall–Kier alpha value is -3.19. The van der Waals surface area contributed by atoms with Gasteiger partial charge in [-0.05, 0) is 48.9 Å². The number of hydrogen-bond donors (Lipinski definition) is 0. The van der Waals surface area contributed by atoms with Crippen LogP contribution < -0.4 is 4.90 Å². The predicted octanol–water partition coefficient (Wildman–Crippen LogP) is 4.15. The Morgan fingerprint density at radius 1 is 1.07 bits per heavy atom. The fourth-order valence-corrected chi connectivity index (χ4v) is 3.93. The lowest BCUT2D eigenvalue weighted by molar-refractivity contribution is -0.382. The highest BCUT2D eigenvalue weighted by Gasteiger charge is 2.26. The molecular weight excluding hydrogens is 392 g/mol. The molecule has 0 saturated carbocycles. The predicted molar refractivity (Wildman–Crippen MR) is 113 cm³/mol. The number of nitro groups is 1. The molecule has 8 heteroatoms. The Morgan fingerprint density at radius 3 is 2.72 bits per heavy atom. The number of halogens is 1. The summed E-state index contributed by atoms with van der Waals surface area (Å²) in [5, 5.41) is 12.9. The Kier molecular flexibility index (Phi) is 5.31. The number of nitrogens with zero attached hydrogens (tertiary/aromatic N) is 4. The lowest BCUT2D eigenvalue weighted by Gasteiger charge is -2.24. The molecule has 29 heavy (non-hydrogen) atoms. The first-order chi connectivity index (χ1) is 14.0. The molecule has 1 aliphatic rings. The highest BCUT2D eigenvalue weighted by atomic mass is 35.5. The van der Waals surface area contributed by atoms with Gasteiger partial charge in [0.1, 0.15) is 5.69 Å². The normalized spacial score (nSPS) is 14.7. The average molecular weight is 411 g/mol. The van der Waals surface area contributed by atoms with Crippen molar-refractivity contribution < 1.29 is 9.72 Å². The van der Waals surface area contributed by atoms with Gasteiger partial charge < -0.3 is 9.80 Å². The molecule has 1 aliphatic heterocycles. The third-order valence-corrected chi connectivity index (χ3v) is 5.35. The van der Waals surface area contributed by atoms with Crippen molar-refractivity contribution in [3.8, 4) is 0 Å². The van der Waals surface area contributed by atoms with Crippen molar-refractivity contribution in [2.24, 2.45) is 0 Å². The van der Waals surface area contributed by atoms with Crippen LogP contribution in [0.25, 0.3) is 10.9 Å². The number of amides is 1. The summed E-state index contributed by atoms with van der Waals surface area (Å²) in [5.74, 6) is -0.0773. The molecule has 1 aromatic heterocycles. The smallest absolute Gasteiger partial charge is 0.301 e. The van der Waals surface area contributed by atoms with Gasteiger partial charge in [0.25, 0.3) is 5.91 Å². The molecule has 0 bridgehead atoms. The van der Waals surface area contributed by atoms with Gasteiger partial charge in [0.2, 0.25) is 0 Å². The molecule has 1 amide bonds. The molecule has 0 atom stereocenters. The van der Waals surface area contributed by atoms with Gasteiger partial charge in [-0.15, -0.1) is 0 Å². The molecule has 3 aromatic rings. The summed E-state index contributed by atoms with van der Waals surface area (Å²) in [6, 6.07) is 13.9. The molecule has 2 aromatic carbocycles. The Balaban J connectivity index is 1.60. The topological polar surface area (TPSA) is 79.6 Å². The van der Waals surface area contributed by atoms with Crippen LogP contribution in [0.15, 0.2) is 54.7 Å². The fraction of sp³-hybridized carbons (Fsp3) is 0.238. The monoisotopic (exact) mass is 410 g/mol. The highest BCUT2D eigenvalue weighted by molar-refractivity contribution is 6.30. The quantitative estimate of drug-likeness (QED) is 0.478. The van der Waals surface area contributed by atoms with E-state index < -0.39 is 0 Å². The zero-order valence-corrected chi connectivity index (χ0v) is 16.4. The summed E-state index contributed by atoms with van der Waals surface area (Å²) < 4.78 is 0. The molecule has 1 saturated heterocycles. The van der Waals surface area contributed by atoms with Crippen molar-refractivity contribution >= 4 is 39.8 Å². The van der Waals surface area contributed by atoms with Crippen LogP contribution in [0.3, 0.4) is 0 Å². The third-order valence-electron chi connectivity index (χ3n) is 5.11. The van der Waals surface area contributed by atoms with Gasteiger partial charge in [0, 0.05) is 43.0 Å². The summed E-state index contributed by atoms with van der Waals surface area (Å²) in [7, 11) is 0. The van der Waals surface area contributed by atoms with Crippen LogP contribution in [-0.4, -0.2) is 46.9 Å². The van der Waals surface area contributed by atoms with E-state index in [1.165, 1.54) is 0 Å². The maximum Gasteiger partial charge on any atom is 0.301 e. The van der Waals surface area contributed by atoms with E-state index in [-0.39, 0.29) is 16.5 Å². The Bertz CT molecular complexity index is 1090. The first-order valence-electron chi connectivity index (χ1n) is 9.36. The van der Waals surface area contributed by atoms with E-state index in [1.807, 2.05) is 4.90 Å². The molecule has 7 nitrogen and oxygen atoms in total. The van der Waals surface area contributed by atoms with Crippen molar-refractivity contribution in [2.45, 2.75) is 6.42 Å². The molecule has 0 radical (unpaired) electrons. The first kappa shape index (κ1) is 19.1. The second kappa shape index (κ2) is 8.05. The highest BCUT2D eigenvalue weighted by Crippen LogP contribution is 2.35. The van der Waals surface area contributed by atoms with Crippen LogP contribution in [-0.2, 0) is 0 Å². The van der Waals surface area contributed by atoms with Crippen molar-refractivity contribution in [3.63, 3.8) is 0 Å². The van der Waals surface area contributed by atoms with Gasteiger partial charge in [-0.25, -0.2) is 0 Å². The first-order valence-corrected chi connectivity index (χ1v) is 9.74. The van der Waals surface area contributed by atoms with Gasteiger partial charge in [-0.1, -0.05) is 17.7 Å². The van der Waals surface area contributed by atoms with Gasteiger partial charge in [-0.2, -0.15) is 0 Å². The third kappa shape index (κ3) is 3.86. The summed E-state index contributed by atoms with van der Waals surface area (Å²) in [5.41, 5.74) is 1.77. The van der Waals surface area contributed by atoms with Crippen LogP contribution in [0.4, 0.5) is 11.4 Å². The maximum absolute atomic E-state index is 12.8. The summed E-state index contributed by atoms with van der Waals surface area (Å²) in [6.07, 6.45) is 2.34. The van der Waals surface area contributed by atoms with E-state index in [2.05, 4.69) is 4.98 Å².